The van der Waals surface area contributed by atoms with Crippen LogP contribution in [-0.4, -0.2) is 14.8 Å². The highest BCUT2D eigenvalue weighted by atomic mass is 35.5. The van der Waals surface area contributed by atoms with Gasteiger partial charge in [-0.1, -0.05) is 38.4 Å². The van der Waals surface area contributed by atoms with Gasteiger partial charge in [-0.05, 0) is 18.2 Å². The lowest BCUT2D eigenvalue weighted by Crippen LogP contribution is -2.12. The quantitative estimate of drug-likeness (QED) is 0.760. The average Bonchev–Trinajstić information content (AvgIpc) is 2.61. The van der Waals surface area contributed by atoms with Crippen LogP contribution in [0.4, 0.5) is 0 Å². The molecular weight excluding hydrogens is 222 g/mol. The van der Waals surface area contributed by atoms with E-state index in [-0.39, 0.29) is 5.41 Å². The molecule has 2 heterocycles. The van der Waals surface area contributed by atoms with Crippen molar-refractivity contribution in [3.8, 4) is 5.82 Å². The zero-order valence-corrected chi connectivity index (χ0v) is 10.4. The van der Waals surface area contributed by atoms with Gasteiger partial charge < -0.3 is 0 Å². The number of pyridine rings is 1. The molecule has 0 aliphatic carbocycles. The van der Waals surface area contributed by atoms with Gasteiger partial charge >= 0.3 is 0 Å². The van der Waals surface area contributed by atoms with Crippen LogP contribution in [0.25, 0.3) is 5.82 Å². The minimum atomic E-state index is -0.0102. The predicted molar refractivity (Wildman–Crippen MR) is 65.1 cm³/mol. The third kappa shape index (κ3) is 2.09. The van der Waals surface area contributed by atoms with Crippen LogP contribution in [0.3, 0.4) is 0 Å². The molecule has 2 aromatic heterocycles. The van der Waals surface area contributed by atoms with E-state index < -0.39 is 0 Å². The Morgan fingerprint density at radius 3 is 2.50 bits per heavy atom. The second kappa shape index (κ2) is 3.91. The maximum Gasteiger partial charge on any atom is 0.155 e. The van der Waals surface area contributed by atoms with E-state index in [1.165, 1.54) is 0 Å². The maximum absolute atomic E-state index is 6.15. The molecule has 0 fully saturated rings. The Bertz CT molecular complexity index is 483. The van der Waals surface area contributed by atoms with E-state index >= 15 is 0 Å². The average molecular weight is 236 g/mol. The molecule has 0 aromatic carbocycles. The van der Waals surface area contributed by atoms with Crippen LogP contribution in [0, 0.1) is 0 Å². The number of aromatic nitrogens is 3. The Morgan fingerprint density at radius 1 is 1.25 bits per heavy atom. The lowest BCUT2D eigenvalue weighted by atomic mass is 9.93. The summed E-state index contributed by atoms with van der Waals surface area (Å²) in [5.41, 5.74) is 0.951. The minimum Gasteiger partial charge on any atom is -0.237 e. The van der Waals surface area contributed by atoms with Gasteiger partial charge in [0.2, 0.25) is 0 Å². The van der Waals surface area contributed by atoms with Crippen LogP contribution < -0.4 is 0 Å². The number of nitrogens with zero attached hydrogens (tertiary/aromatic N) is 3. The Balaban J connectivity index is 2.48. The molecule has 0 saturated carbocycles. The van der Waals surface area contributed by atoms with E-state index in [4.69, 9.17) is 11.6 Å². The Morgan fingerprint density at radius 2 is 2.00 bits per heavy atom. The largest absolute Gasteiger partial charge is 0.237 e. The molecule has 0 bridgehead atoms. The summed E-state index contributed by atoms with van der Waals surface area (Å²) in [6.07, 6.45) is 1.73. The monoisotopic (exact) mass is 235 g/mol. The molecule has 2 rings (SSSR count). The summed E-state index contributed by atoms with van der Waals surface area (Å²) in [7, 11) is 0. The van der Waals surface area contributed by atoms with Gasteiger partial charge in [-0.25, -0.2) is 9.67 Å². The molecule has 84 valence electrons. The van der Waals surface area contributed by atoms with Crippen LogP contribution in [0.5, 0.6) is 0 Å². The van der Waals surface area contributed by atoms with Crippen molar-refractivity contribution in [1.82, 2.24) is 14.8 Å². The van der Waals surface area contributed by atoms with Crippen molar-refractivity contribution < 1.29 is 0 Å². The van der Waals surface area contributed by atoms with Crippen molar-refractivity contribution in [2.75, 3.05) is 0 Å². The third-order valence-electron chi connectivity index (χ3n) is 2.30. The maximum atomic E-state index is 6.15. The van der Waals surface area contributed by atoms with Crippen molar-refractivity contribution in [3.63, 3.8) is 0 Å². The Labute approximate surface area is 100 Å². The molecule has 0 unspecified atom stereocenters. The molecule has 0 aliphatic rings. The van der Waals surface area contributed by atoms with E-state index in [2.05, 4.69) is 30.9 Å². The normalized spacial score (nSPS) is 11.8. The molecule has 0 spiro atoms. The van der Waals surface area contributed by atoms with E-state index in [1.54, 1.807) is 10.9 Å². The van der Waals surface area contributed by atoms with Gasteiger partial charge in [0, 0.05) is 11.6 Å². The lowest BCUT2D eigenvalue weighted by Gasteiger charge is -2.13. The van der Waals surface area contributed by atoms with E-state index in [0.29, 0.717) is 5.15 Å². The third-order valence-corrected chi connectivity index (χ3v) is 2.57. The zero-order chi connectivity index (χ0) is 11.8. The first kappa shape index (κ1) is 11.1. The highest BCUT2D eigenvalue weighted by Crippen LogP contribution is 2.25. The summed E-state index contributed by atoms with van der Waals surface area (Å²) in [4.78, 5) is 4.22. The standard InChI is InChI=1S/C12H14ClN3/c1-12(2,3)9-8-10(13)16(15-9)11-6-4-5-7-14-11/h4-8H,1-3H3. The first-order valence-electron chi connectivity index (χ1n) is 5.16. The summed E-state index contributed by atoms with van der Waals surface area (Å²) < 4.78 is 1.65. The minimum absolute atomic E-state index is 0.0102. The topological polar surface area (TPSA) is 30.7 Å². The van der Waals surface area contributed by atoms with Crippen LogP contribution in [0.15, 0.2) is 30.5 Å². The molecular formula is C12H14ClN3. The van der Waals surface area contributed by atoms with Gasteiger partial charge in [-0.2, -0.15) is 5.10 Å². The highest BCUT2D eigenvalue weighted by Gasteiger charge is 2.19. The second-order valence-corrected chi connectivity index (χ2v) is 5.09. The Hall–Kier alpha value is -1.35. The van der Waals surface area contributed by atoms with Crippen molar-refractivity contribution in [1.29, 1.82) is 0 Å². The second-order valence-electron chi connectivity index (χ2n) is 4.70. The van der Waals surface area contributed by atoms with E-state index in [9.17, 15) is 0 Å². The first-order chi connectivity index (χ1) is 7.48. The number of hydrogen-bond acceptors (Lipinski definition) is 2. The molecule has 2 aromatic rings. The van der Waals surface area contributed by atoms with Gasteiger partial charge in [0.25, 0.3) is 0 Å². The predicted octanol–water partition coefficient (Wildman–Crippen LogP) is 3.22. The number of rotatable bonds is 1. The fraction of sp³-hybridized carbons (Fsp3) is 0.333. The molecule has 0 N–H and O–H groups in total. The van der Waals surface area contributed by atoms with Gasteiger partial charge in [0.1, 0.15) is 5.15 Å². The van der Waals surface area contributed by atoms with Gasteiger partial charge in [0.15, 0.2) is 5.82 Å². The fourth-order valence-corrected chi connectivity index (χ4v) is 1.59. The van der Waals surface area contributed by atoms with Crippen LogP contribution in [0.1, 0.15) is 26.5 Å². The molecule has 0 amide bonds. The highest BCUT2D eigenvalue weighted by molar-refractivity contribution is 6.29. The molecule has 0 saturated heterocycles. The summed E-state index contributed by atoms with van der Waals surface area (Å²) >= 11 is 6.15. The Kier molecular flexibility index (Phi) is 2.72. The lowest BCUT2D eigenvalue weighted by molar-refractivity contribution is 0.559. The zero-order valence-electron chi connectivity index (χ0n) is 9.61. The van der Waals surface area contributed by atoms with E-state index in [0.717, 1.165) is 11.5 Å². The fourth-order valence-electron chi connectivity index (χ4n) is 1.36. The summed E-state index contributed by atoms with van der Waals surface area (Å²) in [6.45, 7) is 6.32. The van der Waals surface area contributed by atoms with Crippen molar-refractivity contribution in [2.45, 2.75) is 26.2 Å². The smallest absolute Gasteiger partial charge is 0.155 e. The van der Waals surface area contributed by atoms with Crippen molar-refractivity contribution in [2.24, 2.45) is 0 Å². The van der Waals surface area contributed by atoms with Crippen molar-refractivity contribution >= 4 is 11.6 Å². The summed E-state index contributed by atoms with van der Waals surface area (Å²) in [6, 6.07) is 7.55. The van der Waals surface area contributed by atoms with Crippen LogP contribution >= 0.6 is 11.6 Å². The summed E-state index contributed by atoms with van der Waals surface area (Å²) in [5.74, 6) is 0.739. The molecule has 16 heavy (non-hydrogen) atoms. The van der Waals surface area contributed by atoms with E-state index in [1.807, 2.05) is 24.3 Å². The van der Waals surface area contributed by atoms with Crippen LogP contribution in [0.2, 0.25) is 5.15 Å². The van der Waals surface area contributed by atoms with Gasteiger partial charge in [-0.15, -0.1) is 0 Å². The molecule has 0 radical (unpaired) electrons. The van der Waals surface area contributed by atoms with Gasteiger partial charge in [-0.3, -0.25) is 0 Å². The first-order valence-corrected chi connectivity index (χ1v) is 5.54. The molecule has 0 atom stereocenters. The number of halogens is 1. The number of hydrogen-bond donors (Lipinski definition) is 0. The molecule has 3 nitrogen and oxygen atoms in total. The molecule has 0 aliphatic heterocycles. The molecule has 4 heteroatoms. The van der Waals surface area contributed by atoms with Crippen LogP contribution in [-0.2, 0) is 5.41 Å². The van der Waals surface area contributed by atoms with Gasteiger partial charge in [0.05, 0.1) is 5.69 Å². The van der Waals surface area contributed by atoms with Crippen molar-refractivity contribution in [3.05, 3.63) is 41.3 Å². The SMILES string of the molecule is CC(C)(C)c1cc(Cl)n(-c2ccccn2)n1. The summed E-state index contributed by atoms with van der Waals surface area (Å²) in [5, 5.41) is 5.06.